The van der Waals surface area contributed by atoms with Crippen molar-refractivity contribution in [2.75, 3.05) is 6.61 Å². The van der Waals surface area contributed by atoms with Gasteiger partial charge in [-0.2, -0.15) is 0 Å². The quantitative estimate of drug-likeness (QED) is 0.560. The minimum atomic E-state index is -0.845. The normalized spacial score (nSPS) is 14.7. The summed E-state index contributed by atoms with van der Waals surface area (Å²) in [4.78, 5) is 11.0. The third kappa shape index (κ3) is 9.42. The standard InChI is InChI=1S/C14H29NO3/c1-5-6-7-8-9-12(4)18-10-13(14(16)17)15-11(2)3/h11-13,15H,5-10H2,1-4H3,(H,16,17). The van der Waals surface area contributed by atoms with Crippen LogP contribution >= 0.6 is 0 Å². The van der Waals surface area contributed by atoms with E-state index in [0.717, 1.165) is 12.8 Å². The summed E-state index contributed by atoms with van der Waals surface area (Å²) < 4.78 is 5.60. The smallest absolute Gasteiger partial charge is 0.323 e. The van der Waals surface area contributed by atoms with E-state index < -0.39 is 12.0 Å². The van der Waals surface area contributed by atoms with Gasteiger partial charge >= 0.3 is 5.97 Å². The fraction of sp³-hybridized carbons (Fsp3) is 0.929. The van der Waals surface area contributed by atoms with Crippen LogP contribution in [0, 0.1) is 0 Å². The molecule has 4 heteroatoms. The zero-order valence-corrected chi connectivity index (χ0v) is 12.2. The Morgan fingerprint density at radius 3 is 2.39 bits per heavy atom. The van der Waals surface area contributed by atoms with Crippen molar-refractivity contribution < 1.29 is 14.6 Å². The highest BCUT2D eigenvalue weighted by molar-refractivity contribution is 5.73. The zero-order chi connectivity index (χ0) is 14.0. The second-order valence-corrected chi connectivity index (χ2v) is 5.21. The van der Waals surface area contributed by atoms with Gasteiger partial charge in [-0.3, -0.25) is 4.79 Å². The maximum absolute atomic E-state index is 11.0. The Kier molecular flexibility index (Phi) is 9.98. The van der Waals surface area contributed by atoms with E-state index in [0.29, 0.717) is 0 Å². The maximum Gasteiger partial charge on any atom is 0.323 e. The SMILES string of the molecule is CCCCCCC(C)OCC(NC(C)C)C(=O)O. The first-order chi connectivity index (χ1) is 8.47. The lowest BCUT2D eigenvalue weighted by molar-refractivity contribution is -0.142. The van der Waals surface area contributed by atoms with E-state index in [1.165, 1.54) is 19.3 Å². The molecule has 2 atom stereocenters. The number of carbonyl (C=O) groups is 1. The highest BCUT2D eigenvalue weighted by Gasteiger charge is 2.19. The second kappa shape index (κ2) is 10.3. The number of hydrogen-bond donors (Lipinski definition) is 2. The van der Waals surface area contributed by atoms with E-state index in [9.17, 15) is 4.79 Å². The van der Waals surface area contributed by atoms with Crippen molar-refractivity contribution in [3.05, 3.63) is 0 Å². The van der Waals surface area contributed by atoms with E-state index in [1.807, 2.05) is 20.8 Å². The number of carboxylic acid groups (broad SMARTS) is 1. The summed E-state index contributed by atoms with van der Waals surface area (Å²) in [5.41, 5.74) is 0. The molecule has 108 valence electrons. The van der Waals surface area contributed by atoms with Crippen LogP contribution in [-0.2, 0) is 9.53 Å². The molecule has 2 N–H and O–H groups in total. The monoisotopic (exact) mass is 259 g/mol. The number of rotatable bonds is 11. The summed E-state index contributed by atoms with van der Waals surface area (Å²) in [6.07, 6.45) is 6.03. The van der Waals surface area contributed by atoms with Crippen LogP contribution in [0.3, 0.4) is 0 Å². The Balaban J connectivity index is 3.78. The van der Waals surface area contributed by atoms with Gasteiger partial charge in [0.2, 0.25) is 0 Å². The molecule has 0 saturated carbocycles. The van der Waals surface area contributed by atoms with Crippen molar-refractivity contribution >= 4 is 5.97 Å². The van der Waals surface area contributed by atoms with Gasteiger partial charge in [0.15, 0.2) is 0 Å². The lowest BCUT2D eigenvalue weighted by Crippen LogP contribution is -2.44. The van der Waals surface area contributed by atoms with Gasteiger partial charge in [-0.1, -0.05) is 46.5 Å². The molecule has 0 rings (SSSR count). The Morgan fingerprint density at radius 1 is 1.22 bits per heavy atom. The predicted octanol–water partition coefficient (Wildman–Crippen LogP) is 2.81. The molecule has 0 bridgehead atoms. The van der Waals surface area contributed by atoms with Gasteiger partial charge in [-0.25, -0.2) is 0 Å². The van der Waals surface area contributed by atoms with Crippen molar-refractivity contribution in [2.24, 2.45) is 0 Å². The van der Waals surface area contributed by atoms with Crippen molar-refractivity contribution in [3.8, 4) is 0 Å². The van der Waals surface area contributed by atoms with E-state index in [-0.39, 0.29) is 18.8 Å². The summed E-state index contributed by atoms with van der Waals surface area (Å²) in [7, 11) is 0. The minimum absolute atomic E-state index is 0.137. The molecular weight excluding hydrogens is 230 g/mol. The summed E-state index contributed by atoms with van der Waals surface area (Å²) in [5, 5.41) is 12.0. The van der Waals surface area contributed by atoms with E-state index in [2.05, 4.69) is 12.2 Å². The molecule has 0 aromatic heterocycles. The van der Waals surface area contributed by atoms with Crippen molar-refractivity contribution in [1.82, 2.24) is 5.32 Å². The van der Waals surface area contributed by atoms with Crippen molar-refractivity contribution in [1.29, 1.82) is 0 Å². The molecule has 0 fully saturated rings. The number of aliphatic carboxylic acids is 1. The molecule has 0 radical (unpaired) electrons. The predicted molar refractivity (Wildman–Crippen MR) is 73.9 cm³/mol. The lowest BCUT2D eigenvalue weighted by Gasteiger charge is -2.20. The molecule has 0 aromatic carbocycles. The Morgan fingerprint density at radius 2 is 1.89 bits per heavy atom. The molecule has 0 amide bonds. The lowest BCUT2D eigenvalue weighted by atomic mass is 10.1. The van der Waals surface area contributed by atoms with Crippen LogP contribution in [0.2, 0.25) is 0 Å². The van der Waals surface area contributed by atoms with E-state index in [1.54, 1.807) is 0 Å². The summed E-state index contributed by atoms with van der Waals surface area (Å²) in [6.45, 7) is 8.31. The molecule has 0 aliphatic rings. The van der Waals surface area contributed by atoms with Gasteiger partial charge in [0, 0.05) is 6.04 Å². The fourth-order valence-electron chi connectivity index (χ4n) is 1.80. The first-order valence-electron chi connectivity index (χ1n) is 7.07. The third-order valence-electron chi connectivity index (χ3n) is 2.84. The van der Waals surface area contributed by atoms with Gasteiger partial charge in [-0.05, 0) is 13.3 Å². The van der Waals surface area contributed by atoms with Gasteiger partial charge in [0.1, 0.15) is 6.04 Å². The zero-order valence-electron chi connectivity index (χ0n) is 12.2. The Hall–Kier alpha value is -0.610. The average molecular weight is 259 g/mol. The largest absolute Gasteiger partial charge is 0.480 e. The molecule has 0 aliphatic carbocycles. The van der Waals surface area contributed by atoms with Gasteiger partial charge in [0.25, 0.3) is 0 Å². The van der Waals surface area contributed by atoms with Crippen molar-refractivity contribution in [2.45, 2.75) is 78.0 Å². The number of unbranched alkanes of at least 4 members (excludes halogenated alkanes) is 3. The Bertz CT molecular complexity index is 219. The molecular formula is C14H29NO3. The van der Waals surface area contributed by atoms with Crippen molar-refractivity contribution in [3.63, 3.8) is 0 Å². The second-order valence-electron chi connectivity index (χ2n) is 5.21. The molecule has 0 aromatic rings. The third-order valence-corrected chi connectivity index (χ3v) is 2.84. The minimum Gasteiger partial charge on any atom is -0.480 e. The first-order valence-corrected chi connectivity index (χ1v) is 7.07. The number of carboxylic acids is 1. The highest BCUT2D eigenvalue weighted by Crippen LogP contribution is 2.08. The maximum atomic E-state index is 11.0. The van der Waals surface area contributed by atoms with E-state index in [4.69, 9.17) is 9.84 Å². The van der Waals surface area contributed by atoms with Gasteiger partial charge in [0.05, 0.1) is 12.7 Å². The van der Waals surface area contributed by atoms with Crippen LogP contribution in [0.1, 0.15) is 59.8 Å². The summed E-state index contributed by atoms with van der Waals surface area (Å²) in [6, 6.07) is -0.461. The molecule has 0 saturated heterocycles. The fourth-order valence-corrected chi connectivity index (χ4v) is 1.80. The molecule has 4 nitrogen and oxygen atoms in total. The topological polar surface area (TPSA) is 58.6 Å². The number of hydrogen-bond acceptors (Lipinski definition) is 3. The number of ether oxygens (including phenoxy) is 1. The highest BCUT2D eigenvalue weighted by atomic mass is 16.5. The molecule has 0 aliphatic heterocycles. The van der Waals surface area contributed by atoms with Crippen LogP contribution < -0.4 is 5.32 Å². The van der Waals surface area contributed by atoms with Gasteiger partial charge < -0.3 is 15.2 Å². The number of nitrogens with one attached hydrogen (secondary N) is 1. The van der Waals surface area contributed by atoms with Crippen LogP contribution in [0.5, 0.6) is 0 Å². The van der Waals surface area contributed by atoms with E-state index >= 15 is 0 Å². The summed E-state index contributed by atoms with van der Waals surface area (Å²) >= 11 is 0. The summed E-state index contributed by atoms with van der Waals surface area (Å²) in [5.74, 6) is -0.845. The van der Waals surface area contributed by atoms with Crippen LogP contribution in [-0.4, -0.2) is 35.9 Å². The molecule has 18 heavy (non-hydrogen) atoms. The van der Waals surface area contributed by atoms with Crippen LogP contribution in [0.4, 0.5) is 0 Å². The molecule has 0 spiro atoms. The molecule has 0 heterocycles. The average Bonchev–Trinajstić information content (AvgIpc) is 2.29. The first kappa shape index (κ1) is 17.4. The van der Waals surface area contributed by atoms with Gasteiger partial charge in [-0.15, -0.1) is 0 Å². The molecule has 2 unspecified atom stereocenters. The Labute approximate surface area is 111 Å². The van der Waals surface area contributed by atoms with Crippen LogP contribution in [0.15, 0.2) is 0 Å². The van der Waals surface area contributed by atoms with Crippen LogP contribution in [0.25, 0.3) is 0 Å².